The Morgan fingerprint density at radius 3 is 2.50 bits per heavy atom. The van der Waals surface area contributed by atoms with Crippen LogP contribution >= 0.6 is 11.6 Å². The van der Waals surface area contributed by atoms with Gasteiger partial charge in [-0.2, -0.15) is 4.98 Å². The van der Waals surface area contributed by atoms with Gasteiger partial charge in [0.1, 0.15) is 23.1 Å². The van der Waals surface area contributed by atoms with Gasteiger partial charge in [0.15, 0.2) is 5.65 Å². The lowest BCUT2D eigenvalue weighted by molar-refractivity contribution is 0.0218. The maximum atomic E-state index is 15.0. The van der Waals surface area contributed by atoms with Gasteiger partial charge in [0.05, 0.1) is 27.5 Å². The lowest BCUT2D eigenvalue weighted by Crippen LogP contribution is -2.55. The molecule has 1 atom stereocenters. The van der Waals surface area contributed by atoms with E-state index in [1.165, 1.54) is 4.57 Å². The molecule has 0 N–H and O–H groups in total. The highest BCUT2D eigenvalue weighted by molar-refractivity contribution is 6.33. The Labute approximate surface area is 259 Å². The number of carbonyl (C=O) groups excluding carboxylic acids is 1. The van der Waals surface area contributed by atoms with Crippen molar-refractivity contribution in [2.45, 2.75) is 66.0 Å². The average molecular weight is 625 g/mol. The topological polar surface area (TPSA) is 93.5 Å². The molecule has 12 heteroatoms. The summed E-state index contributed by atoms with van der Waals surface area (Å²) in [7, 11) is 0. The second kappa shape index (κ2) is 11.8. The fourth-order valence-corrected chi connectivity index (χ4v) is 5.70. The van der Waals surface area contributed by atoms with Crippen molar-refractivity contribution in [3.05, 3.63) is 74.9 Å². The van der Waals surface area contributed by atoms with Crippen LogP contribution in [0, 0.1) is 18.6 Å². The molecular weight excluding hydrogens is 590 g/mol. The summed E-state index contributed by atoms with van der Waals surface area (Å²) in [5, 5.41) is 0.493. The van der Waals surface area contributed by atoms with Crippen LogP contribution in [0.3, 0.4) is 0 Å². The molecule has 4 aromatic rings. The van der Waals surface area contributed by atoms with Crippen molar-refractivity contribution in [2.24, 2.45) is 0 Å². The van der Waals surface area contributed by atoms with E-state index >= 15 is 0 Å². The summed E-state index contributed by atoms with van der Waals surface area (Å²) in [4.78, 5) is 44.2. The van der Waals surface area contributed by atoms with E-state index in [9.17, 15) is 18.4 Å². The molecule has 3 aromatic heterocycles. The Balaban J connectivity index is 1.73. The minimum absolute atomic E-state index is 0.0168. The molecular formula is C32H35ClF2N6O3. The van der Waals surface area contributed by atoms with E-state index in [0.29, 0.717) is 42.2 Å². The average Bonchev–Trinajstić information content (AvgIpc) is 2.93. The first-order valence-electron chi connectivity index (χ1n) is 14.5. The van der Waals surface area contributed by atoms with E-state index in [4.69, 9.17) is 21.3 Å². The van der Waals surface area contributed by atoms with Crippen molar-refractivity contribution >= 4 is 34.5 Å². The van der Waals surface area contributed by atoms with E-state index in [-0.39, 0.29) is 33.9 Å². The fraction of sp³-hybridized carbons (Fsp3) is 0.406. The third-order valence-electron chi connectivity index (χ3n) is 7.46. The summed E-state index contributed by atoms with van der Waals surface area (Å²) >= 11 is 6.72. The Kier molecular flexibility index (Phi) is 8.37. The van der Waals surface area contributed by atoms with Gasteiger partial charge in [-0.25, -0.2) is 27.9 Å². The number of piperazine rings is 1. The molecule has 44 heavy (non-hydrogen) atoms. The van der Waals surface area contributed by atoms with Crippen molar-refractivity contribution in [3.63, 3.8) is 0 Å². The van der Waals surface area contributed by atoms with Gasteiger partial charge in [0.2, 0.25) is 0 Å². The number of ether oxygens (including phenoxy) is 1. The summed E-state index contributed by atoms with van der Waals surface area (Å²) in [5.74, 6) is -1.10. The lowest BCUT2D eigenvalue weighted by Gasteiger charge is -2.41. The van der Waals surface area contributed by atoms with Crippen LogP contribution in [0.1, 0.15) is 58.7 Å². The monoisotopic (exact) mass is 624 g/mol. The number of rotatable bonds is 4. The van der Waals surface area contributed by atoms with Crippen LogP contribution in [-0.4, -0.2) is 61.8 Å². The van der Waals surface area contributed by atoms with Crippen molar-refractivity contribution in [3.8, 4) is 16.9 Å². The third-order valence-corrected chi connectivity index (χ3v) is 7.75. The molecule has 0 bridgehead atoms. The fourth-order valence-electron chi connectivity index (χ4n) is 5.44. The highest BCUT2D eigenvalue weighted by atomic mass is 35.5. The number of pyridine rings is 2. The lowest BCUT2D eigenvalue weighted by atomic mass is 10.0. The largest absolute Gasteiger partial charge is 0.444 e. The number of carbonyl (C=O) groups is 1. The van der Waals surface area contributed by atoms with Crippen molar-refractivity contribution in [1.29, 1.82) is 0 Å². The van der Waals surface area contributed by atoms with Gasteiger partial charge in [-0.05, 0) is 76.4 Å². The number of amides is 1. The standard InChI is InChI=1S/C32H35ClF2N6O3/c1-17(2)25-27(18(3)10-11-36-25)41-29-22(15-23(33)26(37-29)21-14-20(34)8-9-24(21)35)28(38-30(41)42)40-13-12-39(16-19(40)4)31(43)44-32(5,6)7/h8-11,14-15,17,19H,12-13,16H2,1-7H3. The van der Waals surface area contributed by atoms with Gasteiger partial charge in [0.25, 0.3) is 0 Å². The van der Waals surface area contributed by atoms with E-state index in [2.05, 4.69) is 9.97 Å². The smallest absolute Gasteiger partial charge is 0.410 e. The number of nitrogens with zero attached hydrogens (tertiary/aromatic N) is 6. The quantitative estimate of drug-likeness (QED) is 0.251. The minimum Gasteiger partial charge on any atom is -0.444 e. The molecule has 0 radical (unpaired) electrons. The number of aryl methyl sites for hydroxylation is 1. The van der Waals surface area contributed by atoms with Gasteiger partial charge in [-0.1, -0.05) is 25.4 Å². The normalized spacial score (nSPS) is 15.8. The Hall–Kier alpha value is -4.12. The third kappa shape index (κ3) is 5.97. The molecule has 1 aliphatic rings. The van der Waals surface area contributed by atoms with E-state index in [1.807, 2.05) is 53.4 Å². The first kappa shape index (κ1) is 31.3. The van der Waals surface area contributed by atoms with E-state index in [0.717, 1.165) is 23.8 Å². The molecule has 1 amide bonds. The van der Waals surface area contributed by atoms with Crippen LogP contribution in [0.15, 0.2) is 41.3 Å². The molecule has 1 saturated heterocycles. The van der Waals surface area contributed by atoms with Gasteiger partial charge < -0.3 is 14.5 Å². The van der Waals surface area contributed by atoms with Crippen LogP contribution in [0.4, 0.5) is 19.4 Å². The summed E-state index contributed by atoms with van der Waals surface area (Å²) in [5.41, 5.74) is 0.682. The predicted octanol–water partition coefficient (Wildman–Crippen LogP) is 6.65. The number of anilines is 1. The maximum absolute atomic E-state index is 15.0. The number of halogens is 3. The molecule has 232 valence electrons. The molecule has 1 unspecified atom stereocenters. The SMILES string of the molecule is Cc1ccnc(C(C)C)c1-n1c(=O)nc(N2CCN(C(=O)OC(C)(C)C)CC2C)c2cc(Cl)c(-c3cc(F)ccc3F)nc21. The molecule has 0 saturated carbocycles. The Morgan fingerprint density at radius 1 is 1.11 bits per heavy atom. The summed E-state index contributed by atoms with van der Waals surface area (Å²) in [6, 6.07) is 6.15. The highest BCUT2D eigenvalue weighted by Gasteiger charge is 2.33. The second-order valence-corrected chi connectivity index (χ2v) is 12.8. The van der Waals surface area contributed by atoms with E-state index < -0.39 is 29.0 Å². The predicted molar refractivity (Wildman–Crippen MR) is 167 cm³/mol. The molecule has 1 aromatic carbocycles. The number of fused-ring (bicyclic) bond motifs is 1. The zero-order chi connectivity index (χ0) is 32.1. The first-order valence-corrected chi connectivity index (χ1v) is 14.8. The molecule has 5 rings (SSSR count). The molecule has 0 aliphatic carbocycles. The van der Waals surface area contributed by atoms with Gasteiger partial charge >= 0.3 is 11.8 Å². The Bertz CT molecular complexity index is 1820. The van der Waals surface area contributed by atoms with Crippen LogP contribution in [-0.2, 0) is 4.74 Å². The number of hydrogen-bond acceptors (Lipinski definition) is 7. The van der Waals surface area contributed by atoms with E-state index in [1.54, 1.807) is 23.2 Å². The van der Waals surface area contributed by atoms with Crippen molar-refractivity contribution in [1.82, 2.24) is 24.4 Å². The molecule has 9 nitrogen and oxygen atoms in total. The number of aromatic nitrogens is 4. The minimum atomic E-state index is -0.712. The van der Waals surface area contributed by atoms with Crippen LogP contribution in [0.2, 0.25) is 5.02 Å². The van der Waals surface area contributed by atoms with Gasteiger partial charge in [-0.3, -0.25) is 4.98 Å². The summed E-state index contributed by atoms with van der Waals surface area (Å²) in [6.45, 7) is 14.1. The second-order valence-electron chi connectivity index (χ2n) is 12.4. The summed E-state index contributed by atoms with van der Waals surface area (Å²) in [6.07, 6.45) is 1.25. The highest BCUT2D eigenvalue weighted by Crippen LogP contribution is 2.36. The van der Waals surface area contributed by atoms with Gasteiger partial charge in [-0.15, -0.1) is 0 Å². The summed E-state index contributed by atoms with van der Waals surface area (Å²) < 4.78 is 36.2. The first-order chi connectivity index (χ1) is 20.7. The number of benzene rings is 1. The molecule has 4 heterocycles. The Morgan fingerprint density at radius 2 is 1.84 bits per heavy atom. The molecule has 1 aliphatic heterocycles. The zero-order valence-corrected chi connectivity index (χ0v) is 26.5. The van der Waals surface area contributed by atoms with Gasteiger partial charge in [0, 0.05) is 37.4 Å². The van der Waals surface area contributed by atoms with Crippen molar-refractivity contribution in [2.75, 3.05) is 24.5 Å². The molecule has 1 fully saturated rings. The zero-order valence-electron chi connectivity index (χ0n) is 25.8. The molecule has 0 spiro atoms. The van der Waals surface area contributed by atoms with Crippen LogP contribution < -0.4 is 10.6 Å². The van der Waals surface area contributed by atoms with Crippen LogP contribution in [0.25, 0.3) is 28.0 Å². The number of hydrogen-bond donors (Lipinski definition) is 0. The van der Waals surface area contributed by atoms with Crippen LogP contribution in [0.5, 0.6) is 0 Å². The van der Waals surface area contributed by atoms with Crippen molar-refractivity contribution < 1.29 is 18.3 Å². The maximum Gasteiger partial charge on any atom is 0.410 e.